The highest BCUT2D eigenvalue weighted by molar-refractivity contribution is 7.92. The second-order valence-electron chi connectivity index (χ2n) is 5.07. The maximum Gasteiger partial charge on any atom is 0.277 e. The van der Waals surface area contributed by atoms with Crippen LogP contribution in [0.3, 0.4) is 0 Å². The Hall–Kier alpha value is -2.78. The highest BCUT2D eigenvalue weighted by atomic mass is 35.5. The van der Waals surface area contributed by atoms with Crippen molar-refractivity contribution in [2.75, 3.05) is 11.5 Å². The average Bonchev–Trinajstić information content (AvgIpc) is 3.23. The van der Waals surface area contributed by atoms with Gasteiger partial charge in [-0.3, -0.25) is 9.29 Å². The van der Waals surface area contributed by atoms with Crippen LogP contribution < -0.4 is 14.2 Å². The van der Waals surface area contributed by atoms with Crippen molar-refractivity contribution < 1.29 is 17.9 Å². The number of sulfonamides is 1. The maximum absolute atomic E-state index is 12.8. The lowest BCUT2D eigenvalue weighted by atomic mass is 10.3. The number of aromatic nitrogens is 3. The fraction of sp³-hybridized carbons (Fsp3) is 0.0667. The van der Waals surface area contributed by atoms with E-state index in [1.165, 1.54) is 16.8 Å². The van der Waals surface area contributed by atoms with Gasteiger partial charge in [-0.05, 0) is 41.9 Å². The molecule has 0 saturated carbocycles. The van der Waals surface area contributed by atoms with Crippen LogP contribution in [0.1, 0.15) is 0 Å². The van der Waals surface area contributed by atoms with Gasteiger partial charge in [0.05, 0.1) is 5.69 Å². The first-order valence-electron chi connectivity index (χ1n) is 7.12. The molecule has 0 fully saturated rings. The summed E-state index contributed by atoms with van der Waals surface area (Å²) >= 11 is 5.79. The maximum atomic E-state index is 12.8. The van der Waals surface area contributed by atoms with Crippen LogP contribution in [0.4, 0.5) is 5.69 Å². The molecule has 0 bridgehead atoms. The van der Waals surface area contributed by atoms with Crippen LogP contribution in [0.25, 0.3) is 5.82 Å². The van der Waals surface area contributed by atoms with Gasteiger partial charge in [0.25, 0.3) is 10.0 Å². The number of ether oxygens (including phenoxy) is 2. The summed E-state index contributed by atoms with van der Waals surface area (Å²) in [5.41, 5.74) is 0.359. The molecule has 0 spiro atoms. The van der Waals surface area contributed by atoms with E-state index in [2.05, 4.69) is 14.7 Å². The predicted octanol–water partition coefficient (Wildman–Crippen LogP) is 2.45. The van der Waals surface area contributed by atoms with E-state index in [1.807, 2.05) is 0 Å². The Morgan fingerprint density at radius 1 is 1.16 bits per heavy atom. The molecule has 10 heteroatoms. The normalized spacial score (nSPS) is 13.0. The van der Waals surface area contributed by atoms with Gasteiger partial charge in [-0.25, -0.2) is 4.98 Å². The number of nitrogens with zero attached hydrogens (tertiary/aromatic N) is 3. The Labute approximate surface area is 148 Å². The van der Waals surface area contributed by atoms with Gasteiger partial charge in [-0.15, -0.1) is 0 Å². The van der Waals surface area contributed by atoms with Gasteiger partial charge in [-0.2, -0.15) is 13.4 Å². The molecule has 3 heterocycles. The highest BCUT2D eigenvalue weighted by Crippen LogP contribution is 2.34. The number of benzene rings is 1. The first kappa shape index (κ1) is 15.7. The molecule has 4 rings (SSSR count). The molecule has 1 N–H and O–H groups in total. The van der Waals surface area contributed by atoms with Gasteiger partial charge in [0.15, 0.2) is 16.5 Å². The van der Waals surface area contributed by atoms with E-state index in [1.54, 1.807) is 36.5 Å². The lowest BCUT2D eigenvalue weighted by Crippen LogP contribution is -2.17. The highest BCUT2D eigenvalue weighted by Gasteiger charge is 2.22. The molecule has 0 saturated heterocycles. The van der Waals surface area contributed by atoms with Crippen molar-refractivity contribution in [3.05, 3.63) is 54.1 Å². The van der Waals surface area contributed by atoms with E-state index in [0.717, 1.165) is 0 Å². The zero-order valence-corrected chi connectivity index (χ0v) is 14.2. The molecule has 128 valence electrons. The third kappa shape index (κ3) is 2.99. The molecule has 3 aromatic rings. The standard InChI is InChI=1S/C15H11ClN4O4S/c16-15-17-6-5-13(18-15)20-7-1-2-14(20)25(21,22)19-10-3-4-11-12(8-10)24-9-23-11/h1-8,19H,9H2. The molecule has 0 aliphatic carbocycles. The van der Waals surface area contributed by atoms with Crippen molar-refractivity contribution in [2.24, 2.45) is 0 Å². The Bertz CT molecular complexity index is 1050. The fourth-order valence-electron chi connectivity index (χ4n) is 2.40. The number of fused-ring (bicyclic) bond motifs is 1. The summed E-state index contributed by atoms with van der Waals surface area (Å²) in [4.78, 5) is 7.83. The van der Waals surface area contributed by atoms with E-state index >= 15 is 0 Å². The monoisotopic (exact) mass is 378 g/mol. The number of hydrogen-bond donors (Lipinski definition) is 1. The lowest BCUT2D eigenvalue weighted by Gasteiger charge is -2.11. The zero-order chi connectivity index (χ0) is 17.4. The Morgan fingerprint density at radius 3 is 2.84 bits per heavy atom. The minimum absolute atomic E-state index is 0.0138. The Morgan fingerprint density at radius 2 is 2.00 bits per heavy atom. The number of hydrogen-bond acceptors (Lipinski definition) is 6. The molecule has 25 heavy (non-hydrogen) atoms. The smallest absolute Gasteiger partial charge is 0.277 e. The quantitative estimate of drug-likeness (QED) is 0.700. The van der Waals surface area contributed by atoms with Crippen molar-refractivity contribution in [2.45, 2.75) is 5.03 Å². The molecule has 8 nitrogen and oxygen atoms in total. The summed E-state index contributed by atoms with van der Waals surface area (Å²) in [5.74, 6) is 1.40. The summed E-state index contributed by atoms with van der Waals surface area (Å²) in [6.45, 7) is 0.114. The van der Waals surface area contributed by atoms with Crippen LogP contribution in [-0.2, 0) is 10.0 Å². The second kappa shape index (κ2) is 5.94. The first-order valence-corrected chi connectivity index (χ1v) is 8.98. The Kier molecular flexibility index (Phi) is 3.74. The van der Waals surface area contributed by atoms with Gasteiger partial charge in [0, 0.05) is 18.5 Å². The topological polar surface area (TPSA) is 95.3 Å². The van der Waals surface area contributed by atoms with Crippen molar-refractivity contribution in [3.8, 4) is 17.3 Å². The zero-order valence-electron chi connectivity index (χ0n) is 12.6. The molecule has 1 aliphatic rings. The lowest BCUT2D eigenvalue weighted by molar-refractivity contribution is 0.174. The molecule has 0 amide bonds. The second-order valence-corrected chi connectivity index (χ2v) is 7.04. The van der Waals surface area contributed by atoms with Crippen LogP contribution in [0.2, 0.25) is 5.28 Å². The molecular weight excluding hydrogens is 368 g/mol. The van der Waals surface area contributed by atoms with Crippen molar-refractivity contribution in [1.82, 2.24) is 14.5 Å². The van der Waals surface area contributed by atoms with Gasteiger partial charge >= 0.3 is 0 Å². The van der Waals surface area contributed by atoms with E-state index < -0.39 is 10.0 Å². The number of anilines is 1. The molecular formula is C15H11ClN4O4S. The molecule has 1 aromatic carbocycles. The Balaban J connectivity index is 1.69. The molecule has 0 atom stereocenters. The average molecular weight is 379 g/mol. The van der Waals surface area contributed by atoms with E-state index in [-0.39, 0.29) is 17.1 Å². The van der Waals surface area contributed by atoms with Gasteiger partial charge in [0.2, 0.25) is 12.1 Å². The van der Waals surface area contributed by atoms with Gasteiger partial charge in [0.1, 0.15) is 5.82 Å². The van der Waals surface area contributed by atoms with Crippen LogP contribution in [0, 0.1) is 0 Å². The number of nitrogens with one attached hydrogen (secondary N) is 1. The van der Waals surface area contributed by atoms with Crippen LogP contribution in [0.5, 0.6) is 11.5 Å². The molecule has 0 radical (unpaired) electrons. The summed E-state index contributed by atoms with van der Waals surface area (Å²) < 4.78 is 39.9. The minimum Gasteiger partial charge on any atom is -0.454 e. The van der Waals surface area contributed by atoms with Gasteiger partial charge < -0.3 is 9.47 Å². The summed E-state index contributed by atoms with van der Waals surface area (Å²) in [6.07, 6.45) is 3.03. The molecule has 2 aromatic heterocycles. The van der Waals surface area contributed by atoms with Crippen LogP contribution in [-0.4, -0.2) is 29.7 Å². The van der Waals surface area contributed by atoms with Crippen molar-refractivity contribution in [1.29, 1.82) is 0 Å². The van der Waals surface area contributed by atoms with Gasteiger partial charge in [-0.1, -0.05) is 0 Å². The molecule has 0 unspecified atom stereocenters. The summed E-state index contributed by atoms with van der Waals surface area (Å²) in [6, 6.07) is 9.43. The third-order valence-electron chi connectivity index (χ3n) is 3.47. The predicted molar refractivity (Wildman–Crippen MR) is 89.7 cm³/mol. The number of rotatable bonds is 4. The first-order chi connectivity index (χ1) is 12.0. The molecule has 1 aliphatic heterocycles. The summed E-state index contributed by atoms with van der Waals surface area (Å²) in [5, 5.41) is 0.0400. The largest absolute Gasteiger partial charge is 0.454 e. The van der Waals surface area contributed by atoms with Crippen molar-refractivity contribution in [3.63, 3.8) is 0 Å². The van der Waals surface area contributed by atoms with Crippen LogP contribution in [0.15, 0.2) is 53.8 Å². The summed E-state index contributed by atoms with van der Waals surface area (Å²) in [7, 11) is -3.87. The van der Waals surface area contributed by atoms with E-state index in [4.69, 9.17) is 21.1 Å². The van der Waals surface area contributed by atoms with Crippen LogP contribution >= 0.6 is 11.6 Å². The minimum atomic E-state index is -3.87. The van der Waals surface area contributed by atoms with Crippen molar-refractivity contribution >= 4 is 27.3 Å². The SMILES string of the molecule is O=S(=O)(Nc1ccc2c(c1)OCO2)c1cccn1-c1ccnc(Cl)n1. The van der Waals surface area contributed by atoms with E-state index in [0.29, 0.717) is 23.0 Å². The van der Waals surface area contributed by atoms with E-state index in [9.17, 15) is 8.42 Å². The fourth-order valence-corrected chi connectivity index (χ4v) is 3.76. The third-order valence-corrected chi connectivity index (χ3v) is 5.04. The number of halogens is 1.